The molecule has 2 aromatic rings. The third-order valence-corrected chi connectivity index (χ3v) is 3.94. The molecule has 30 heavy (non-hydrogen) atoms. The molecule has 0 aliphatic heterocycles. The molecule has 2 rings (SSSR count). The molecular weight excluding hydrogens is 399 g/mol. The van der Waals surface area contributed by atoms with Crippen LogP contribution >= 0.6 is 0 Å². The van der Waals surface area contributed by atoms with Crippen molar-refractivity contribution in [3.63, 3.8) is 0 Å². The van der Waals surface area contributed by atoms with Gasteiger partial charge in [-0.1, -0.05) is 24.3 Å². The zero-order valence-corrected chi connectivity index (χ0v) is 17.2. The maximum atomic E-state index is 12.2. The lowest BCUT2D eigenvalue weighted by Gasteiger charge is -2.14. The van der Waals surface area contributed by atoms with Crippen molar-refractivity contribution < 1.29 is 27.4 Å². The van der Waals surface area contributed by atoms with Gasteiger partial charge < -0.3 is 24.8 Å². The molecule has 0 aliphatic rings. The maximum Gasteiger partial charge on any atom is 0.411 e. The lowest BCUT2D eigenvalue weighted by molar-refractivity contribution is -0.176. The molecule has 0 heterocycles. The first-order chi connectivity index (χ1) is 14.3. The molecular formula is C21H26F3N3O3. The summed E-state index contributed by atoms with van der Waals surface area (Å²) in [6, 6.07) is 12.5. The van der Waals surface area contributed by atoms with E-state index in [2.05, 4.69) is 15.6 Å². The first-order valence-corrected chi connectivity index (χ1v) is 9.34. The third-order valence-electron chi connectivity index (χ3n) is 3.94. The molecule has 0 radical (unpaired) electrons. The van der Waals surface area contributed by atoms with Crippen LogP contribution in [0.4, 0.5) is 18.9 Å². The molecule has 9 heteroatoms. The lowest BCUT2D eigenvalue weighted by atomic mass is 10.1. The van der Waals surface area contributed by atoms with Crippen molar-refractivity contribution in [3.8, 4) is 11.5 Å². The second-order valence-corrected chi connectivity index (χ2v) is 6.32. The summed E-state index contributed by atoms with van der Waals surface area (Å²) in [5.74, 6) is 1.77. The van der Waals surface area contributed by atoms with Gasteiger partial charge >= 0.3 is 6.18 Å². The number of anilines is 1. The molecule has 0 aliphatic carbocycles. The van der Waals surface area contributed by atoms with Crippen molar-refractivity contribution in [1.82, 2.24) is 5.32 Å². The Morgan fingerprint density at radius 1 is 1.00 bits per heavy atom. The molecule has 2 aromatic carbocycles. The Hall–Kier alpha value is -2.94. The fourth-order valence-corrected chi connectivity index (χ4v) is 2.63. The third kappa shape index (κ3) is 7.82. The van der Waals surface area contributed by atoms with Gasteiger partial charge in [-0.05, 0) is 30.2 Å². The Labute approximate surface area is 174 Å². The van der Waals surface area contributed by atoms with Crippen molar-refractivity contribution >= 4 is 11.6 Å². The normalized spacial score (nSPS) is 11.9. The SMILES string of the molecule is CCNC(=NCc1cccc(COCC(F)(F)F)c1)Nc1ccc(OC)c(OC)c1. The van der Waals surface area contributed by atoms with Gasteiger partial charge in [0.05, 0.1) is 27.4 Å². The van der Waals surface area contributed by atoms with Crippen LogP contribution in [0.25, 0.3) is 0 Å². The Balaban J connectivity index is 2.05. The van der Waals surface area contributed by atoms with E-state index in [1.165, 1.54) is 0 Å². The number of benzene rings is 2. The van der Waals surface area contributed by atoms with E-state index in [0.29, 0.717) is 36.1 Å². The summed E-state index contributed by atoms with van der Waals surface area (Å²) in [5.41, 5.74) is 2.28. The van der Waals surface area contributed by atoms with Gasteiger partial charge in [-0.15, -0.1) is 0 Å². The largest absolute Gasteiger partial charge is 0.493 e. The molecule has 0 unspecified atom stereocenters. The summed E-state index contributed by atoms with van der Waals surface area (Å²) >= 11 is 0. The van der Waals surface area contributed by atoms with Crippen LogP contribution in [0.15, 0.2) is 47.5 Å². The van der Waals surface area contributed by atoms with E-state index in [1.807, 2.05) is 19.1 Å². The first kappa shape index (κ1) is 23.3. The molecule has 0 fully saturated rings. The van der Waals surface area contributed by atoms with Gasteiger partial charge in [0.25, 0.3) is 0 Å². The van der Waals surface area contributed by atoms with Crippen LogP contribution in [0.1, 0.15) is 18.1 Å². The summed E-state index contributed by atoms with van der Waals surface area (Å²) in [5, 5.41) is 6.35. The van der Waals surface area contributed by atoms with Crippen molar-refractivity contribution in [2.24, 2.45) is 4.99 Å². The quantitative estimate of drug-likeness (QED) is 0.462. The zero-order chi connectivity index (χ0) is 22.0. The van der Waals surface area contributed by atoms with Gasteiger partial charge in [0.15, 0.2) is 17.5 Å². The Morgan fingerprint density at radius 2 is 1.73 bits per heavy atom. The lowest BCUT2D eigenvalue weighted by Crippen LogP contribution is -2.30. The molecule has 164 valence electrons. The van der Waals surface area contributed by atoms with Crippen LogP contribution in [0.5, 0.6) is 11.5 Å². The van der Waals surface area contributed by atoms with Gasteiger partial charge in [-0.2, -0.15) is 13.2 Å². The zero-order valence-electron chi connectivity index (χ0n) is 17.2. The number of halogens is 3. The Morgan fingerprint density at radius 3 is 2.40 bits per heavy atom. The number of guanidine groups is 1. The summed E-state index contributed by atoms with van der Waals surface area (Å²) in [7, 11) is 3.13. The van der Waals surface area contributed by atoms with E-state index < -0.39 is 12.8 Å². The average Bonchev–Trinajstić information content (AvgIpc) is 2.71. The smallest absolute Gasteiger partial charge is 0.411 e. The number of methoxy groups -OCH3 is 2. The highest BCUT2D eigenvalue weighted by Gasteiger charge is 2.27. The van der Waals surface area contributed by atoms with E-state index in [9.17, 15) is 13.2 Å². The van der Waals surface area contributed by atoms with Crippen LogP contribution < -0.4 is 20.1 Å². The summed E-state index contributed by atoms with van der Waals surface area (Å²) in [6.07, 6.45) is -4.33. The predicted molar refractivity (Wildman–Crippen MR) is 110 cm³/mol. The highest BCUT2D eigenvalue weighted by Crippen LogP contribution is 2.29. The van der Waals surface area contributed by atoms with Crippen molar-refractivity contribution in [3.05, 3.63) is 53.6 Å². The number of rotatable bonds is 9. The molecule has 0 saturated carbocycles. The summed E-state index contributed by atoms with van der Waals surface area (Å²) < 4.78 is 51.9. The monoisotopic (exact) mass is 425 g/mol. The molecule has 0 spiro atoms. The number of hydrogen-bond donors (Lipinski definition) is 2. The van der Waals surface area contributed by atoms with Gasteiger partial charge in [0.2, 0.25) is 0 Å². The highest BCUT2D eigenvalue weighted by atomic mass is 19.4. The fourth-order valence-electron chi connectivity index (χ4n) is 2.63. The van der Waals surface area contributed by atoms with Gasteiger partial charge in [0.1, 0.15) is 6.61 Å². The van der Waals surface area contributed by atoms with Crippen LogP contribution in [-0.4, -0.2) is 39.5 Å². The van der Waals surface area contributed by atoms with Crippen LogP contribution in [-0.2, 0) is 17.9 Å². The number of alkyl halides is 3. The number of nitrogens with one attached hydrogen (secondary N) is 2. The van der Waals surface area contributed by atoms with Crippen molar-refractivity contribution in [2.45, 2.75) is 26.3 Å². The maximum absolute atomic E-state index is 12.2. The summed E-state index contributed by atoms with van der Waals surface area (Å²) in [4.78, 5) is 4.54. The van der Waals surface area contributed by atoms with E-state index in [0.717, 1.165) is 11.3 Å². The van der Waals surface area contributed by atoms with E-state index in [1.54, 1.807) is 44.6 Å². The first-order valence-electron chi connectivity index (χ1n) is 9.34. The number of ether oxygens (including phenoxy) is 3. The summed E-state index contributed by atoms with van der Waals surface area (Å²) in [6.45, 7) is 1.57. The second-order valence-electron chi connectivity index (χ2n) is 6.32. The molecule has 0 saturated heterocycles. The number of aliphatic imine (C=N–C) groups is 1. The molecule has 6 nitrogen and oxygen atoms in total. The predicted octanol–water partition coefficient (Wildman–Crippen LogP) is 4.36. The average molecular weight is 425 g/mol. The van der Waals surface area contributed by atoms with E-state index in [4.69, 9.17) is 14.2 Å². The molecule has 0 bridgehead atoms. The number of nitrogens with zero attached hydrogens (tertiary/aromatic N) is 1. The van der Waals surface area contributed by atoms with E-state index >= 15 is 0 Å². The standard InChI is InChI=1S/C21H26F3N3O3/c1-4-25-20(27-17-8-9-18(28-2)19(11-17)29-3)26-12-15-6-5-7-16(10-15)13-30-14-21(22,23)24/h5-11H,4,12-14H2,1-3H3,(H2,25,26,27). The minimum absolute atomic E-state index is 0.110. The van der Waals surface area contributed by atoms with Gasteiger partial charge in [-0.3, -0.25) is 0 Å². The van der Waals surface area contributed by atoms with Crippen molar-refractivity contribution in [2.75, 3.05) is 32.7 Å². The topological polar surface area (TPSA) is 64.1 Å². The molecule has 0 aromatic heterocycles. The van der Waals surface area contributed by atoms with Gasteiger partial charge in [0, 0.05) is 18.3 Å². The molecule has 0 atom stereocenters. The van der Waals surface area contributed by atoms with Crippen LogP contribution in [0.2, 0.25) is 0 Å². The highest BCUT2D eigenvalue weighted by molar-refractivity contribution is 5.93. The van der Waals surface area contributed by atoms with E-state index in [-0.39, 0.29) is 6.61 Å². The number of hydrogen-bond acceptors (Lipinski definition) is 4. The molecule has 2 N–H and O–H groups in total. The minimum atomic E-state index is -4.33. The van der Waals surface area contributed by atoms with Crippen LogP contribution in [0, 0.1) is 0 Å². The van der Waals surface area contributed by atoms with Crippen LogP contribution in [0.3, 0.4) is 0 Å². The molecule has 0 amide bonds. The minimum Gasteiger partial charge on any atom is -0.493 e. The van der Waals surface area contributed by atoms with Gasteiger partial charge in [-0.25, -0.2) is 4.99 Å². The fraction of sp³-hybridized carbons (Fsp3) is 0.381. The second kappa shape index (κ2) is 11.3. The Bertz CT molecular complexity index is 842. The van der Waals surface area contributed by atoms with Crippen molar-refractivity contribution in [1.29, 1.82) is 0 Å². The Kier molecular flexibility index (Phi) is 8.79.